The lowest BCUT2D eigenvalue weighted by Gasteiger charge is -2.05. The Labute approximate surface area is 99.5 Å². The number of alkyl halides is 3. The van der Waals surface area contributed by atoms with Gasteiger partial charge in [0.05, 0.1) is 6.61 Å². The van der Waals surface area contributed by atoms with E-state index in [1.54, 1.807) is 0 Å². The van der Waals surface area contributed by atoms with Crippen LogP contribution in [0, 0.1) is 0 Å². The van der Waals surface area contributed by atoms with Gasteiger partial charge in [-0.1, -0.05) is 6.42 Å². The summed E-state index contributed by atoms with van der Waals surface area (Å²) in [6.07, 6.45) is 0.456. The summed E-state index contributed by atoms with van der Waals surface area (Å²) in [6, 6.07) is 0. The molecule has 0 aromatic carbocycles. The average molecular weight is 258 g/mol. The van der Waals surface area contributed by atoms with Crippen molar-refractivity contribution in [2.75, 3.05) is 25.6 Å². The van der Waals surface area contributed by atoms with Gasteiger partial charge in [-0.25, -0.2) is 8.78 Å². The molecule has 0 aliphatic heterocycles. The van der Waals surface area contributed by atoms with Crippen molar-refractivity contribution in [2.24, 2.45) is 0 Å². The molecular weight excluding hydrogens is 240 g/mol. The second-order valence-electron chi connectivity index (χ2n) is 3.32. The first-order chi connectivity index (χ1) is 7.66. The Bertz CT molecular complexity index is 182. The average Bonchev–Trinajstić information content (AvgIpc) is 2.24. The maximum Gasteiger partial charge on any atom is 0.261 e. The van der Waals surface area contributed by atoms with Crippen molar-refractivity contribution in [1.29, 1.82) is 0 Å². The lowest BCUT2D eigenvalue weighted by atomic mass is 10.2. The van der Waals surface area contributed by atoms with Gasteiger partial charge >= 0.3 is 0 Å². The predicted octanol–water partition coefficient (Wildman–Crippen LogP) is 2.18. The van der Waals surface area contributed by atoms with E-state index in [4.69, 9.17) is 11.6 Å². The van der Waals surface area contributed by atoms with Crippen LogP contribution in [0.5, 0.6) is 0 Å². The number of amides is 1. The van der Waals surface area contributed by atoms with Crippen LogP contribution in [0.2, 0.25) is 0 Å². The first kappa shape index (κ1) is 15.6. The third-order valence-corrected chi connectivity index (χ3v) is 2.12. The number of carbonyl (C=O) groups is 1. The molecule has 0 unspecified atom stereocenters. The van der Waals surface area contributed by atoms with Gasteiger partial charge in [-0.05, 0) is 12.8 Å². The van der Waals surface area contributed by atoms with Crippen LogP contribution >= 0.6 is 11.6 Å². The number of unbranched alkanes of at least 4 members (excludes halogenated alkanes) is 2. The van der Waals surface area contributed by atoms with Crippen LogP contribution in [0.3, 0.4) is 0 Å². The number of hydrogen-bond donors (Lipinski definition) is 1. The fraction of sp³-hybridized carbons (Fsp3) is 0.900. The molecular formula is C10H18ClF2NO2. The monoisotopic (exact) mass is 257 g/mol. The molecule has 1 amide bonds. The molecule has 0 fully saturated rings. The van der Waals surface area contributed by atoms with E-state index >= 15 is 0 Å². The van der Waals surface area contributed by atoms with Crippen molar-refractivity contribution in [3.63, 3.8) is 0 Å². The van der Waals surface area contributed by atoms with E-state index in [1.807, 2.05) is 0 Å². The minimum absolute atomic E-state index is 0.0395. The first-order valence-corrected chi connectivity index (χ1v) is 5.89. The molecule has 6 heteroatoms. The highest BCUT2D eigenvalue weighted by atomic mass is 35.5. The zero-order chi connectivity index (χ0) is 12.2. The van der Waals surface area contributed by atoms with E-state index < -0.39 is 13.0 Å². The summed E-state index contributed by atoms with van der Waals surface area (Å²) in [5.41, 5.74) is 0. The summed E-state index contributed by atoms with van der Waals surface area (Å²) >= 11 is 5.49. The lowest BCUT2D eigenvalue weighted by Crippen LogP contribution is -2.25. The minimum Gasteiger partial charge on any atom is -0.375 e. The third-order valence-electron chi connectivity index (χ3n) is 1.85. The molecule has 0 spiro atoms. The molecule has 0 bridgehead atoms. The zero-order valence-corrected chi connectivity index (χ0v) is 9.94. The van der Waals surface area contributed by atoms with Gasteiger partial charge in [0.1, 0.15) is 6.61 Å². The molecule has 0 aromatic heterocycles. The summed E-state index contributed by atoms with van der Waals surface area (Å²) in [4.78, 5) is 11.1. The molecule has 0 atom stereocenters. The maximum absolute atomic E-state index is 11.6. The lowest BCUT2D eigenvalue weighted by molar-refractivity contribution is -0.122. The van der Waals surface area contributed by atoms with Crippen LogP contribution in [0.15, 0.2) is 0 Å². The molecule has 0 aliphatic rings. The fourth-order valence-corrected chi connectivity index (χ4v) is 1.24. The summed E-state index contributed by atoms with van der Waals surface area (Å²) in [5.74, 6) is 0.468. The van der Waals surface area contributed by atoms with Crippen LogP contribution < -0.4 is 5.32 Å². The Hall–Kier alpha value is -0.420. The SMILES string of the molecule is O=C(CCOCC(F)F)NCCCCCCl. The summed E-state index contributed by atoms with van der Waals surface area (Å²) in [7, 11) is 0. The van der Waals surface area contributed by atoms with Crippen molar-refractivity contribution < 1.29 is 18.3 Å². The van der Waals surface area contributed by atoms with Crippen molar-refractivity contribution in [3.05, 3.63) is 0 Å². The zero-order valence-electron chi connectivity index (χ0n) is 9.18. The van der Waals surface area contributed by atoms with Crippen LogP contribution in [0.4, 0.5) is 8.78 Å². The Morgan fingerprint density at radius 2 is 2.06 bits per heavy atom. The highest BCUT2D eigenvalue weighted by molar-refractivity contribution is 6.17. The Kier molecular flexibility index (Phi) is 10.8. The quantitative estimate of drug-likeness (QED) is 0.481. The largest absolute Gasteiger partial charge is 0.375 e. The van der Waals surface area contributed by atoms with E-state index in [0.717, 1.165) is 19.3 Å². The molecule has 3 nitrogen and oxygen atoms in total. The highest BCUT2D eigenvalue weighted by Crippen LogP contribution is 1.96. The second-order valence-corrected chi connectivity index (χ2v) is 3.69. The summed E-state index contributed by atoms with van der Waals surface area (Å²) in [5, 5.41) is 2.68. The molecule has 0 radical (unpaired) electrons. The van der Waals surface area contributed by atoms with Crippen molar-refractivity contribution in [2.45, 2.75) is 32.1 Å². The van der Waals surface area contributed by atoms with Crippen molar-refractivity contribution >= 4 is 17.5 Å². The van der Waals surface area contributed by atoms with Crippen molar-refractivity contribution in [3.8, 4) is 0 Å². The van der Waals surface area contributed by atoms with Gasteiger partial charge in [0, 0.05) is 18.8 Å². The number of rotatable bonds is 10. The van der Waals surface area contributed by atoms with Crippen LogP contribution in [0.25, 0.3) is 0 Å². The number of hydrogen-bond acceptors (Lipinski definition) is 2. The van der Waals surface area contributed by atoms with Gasteiger partial charge in [0.2, 0.25) is 5.91 Å². The van der Waals surface area contributed by atoms with Gasteiger partial charge < -0.3 is 10.1 Å². The molecule has 0 aromatic rings. The normalized spacial score (nSPS) is 10.8. The van der Waals surface area contributed by atoms with E-state index in [2.05, 4.69) is 10.1 Å². The second kappa shape index (κ2) is 11.1. The molecule has 1 N–H and O–H groups in total. The molecule has 16 heavy (non-hydrogen) atoms. The van der Waals surface area contributed by atoms with Crippen LogP contribution in [0.1, 0.15) is 25.7 Å². The molecule has 96 valence electrons. The summed E-state index contributed by atoms with van der Waals surface area (Å²) in [6.45, 7) is 0.0332. The minimum atomic E-state index is -2.47. The van der Waals surface area contributed by atoms with Gasteiger partial charge in [-0.2, -0.15) is 0 Å². The van der Waals surface area contributed by atoms with Gasteiger partial charge in [-0.3, -0.25) is 4.79 Å². The Balaban J connectivity index is 3.18. The Morgan fingerprint density at radius 1 is 1.31 bits per heavy atom. The molecule has 0 saturated heterocycles. The van der Waals surface area contributed by atoms with E-state index in [1.165, 1.54) is 0 Å². The topological polar surface area (TPSA) is 38.3 Å². The molecule has 0 aliphatic carbocycles. The molecule has 0 rings (SSSR count). The van der Waals surface area contributed by atoms with E-state index in [0.29, 0.717) is 12.4 Å². The number of carbonyl (C=O) groups excluding carboxylic acids is 1. The van der Waals surface area contributed by atoms with E-state index in [9.17, 15) is 13.6 Å². The van der Waals surface area contributed by atoms with Crippen molar-refractivity contribution in [1.82, 2.24) is 5.32 Å². The summed E-state index contributed by atoms with van der Waals surface area (Å²) < 4.78 is 27.9. The number of halogens is 3. The highest BCUT2D eigenvalue weighted by Gasteiger charge is 2.04. The van der Waals surface area contributed by atoms with Crippen LogP contribution in [-0.2, 0) is 9.53 Å². The predicted molar refractivity (Wildman–Crippen MR) is 59.0 cm³/mol. The first-order valence-electron chi connectivity index (χ1n) is 5.35. The molecule has 0 saturated carbocycles. The fourth-order valence-electron chi connectivity index (χ4n) is 1.05. The third kappa shape index (κ3) is 11.7. The number of nitrogens with one attached hydrogen (secondary N) is 1. The maximum atomic E-state index is 11.6. The number of ether oxygens (including phenoxy) is 1. The van der Waals surface area contributed by atoms with Gasteiger partial charge in [0.25, 0.3) is 6.43 Å². The molecule has 0 heterocycles. The van der Waals surface area contributed by atoms with Gasteiger partial charge in [0.15, 0.2) is 0 Å². The van der Waals surface area contributed by atoms with Crippen LogP contribution in [-0.4, -0.2) is 38.0 Å². The Morgan fingerprint density at radius 3 is 2.69 bits per heavy atom. The standard InChI is InChI=1S/C10H18ClF2NO2/c11-5-2-1-3-6-14-10(15)4-7-16-8-9(12)13/h9H,1-8H2,(H,14,15). The smallest absolute Gasteiger partial charge is 0.261 e. The van der Waals surface area contributed by atoms with E-state index in [-0.39, 0.29) is 18.9 Å². The van der Waals surface area contributed by atoms with Gasteiger partial charge in [-0.15, -0.1) is 11.6 Å².